The number of carbonyl (C=O) groups excluding carboxylic acids is 1. The fourth-order valence-corrected chi connectivity index (χ4v) is 6.53. The maximum Gasteiger partial charge on any atom is 0.211 e. The fraction of sp³-hybridized carbons (Fsp3) is 0.269. The lowest BCUT2D eigenvalue weighted by molar-refractivity contribution is 0.102. The van der Waals surface area contributed by atoms with Gasteiger partial charge >= 0.3 is 0 Å². The molecule has 0 radical (unpaired) electrons. The maximum atomic E-state index is 13.3. The molecule has 0 N–H and O–H groups in total. The Kier molecular flexibility index (Phi) is 6.43. The minimum Gasteiger partial charge on any atom is -0.493 e. The summed E-state index contributed by atoms with van der Waals surface area (Å²) in [5, 5.41) is 0.644. The van der Waals surface area contributed by atoms with Gasteiger partial charge in [-0.3, -0.25) is 14.2 Å². The van der Waals surface area contributed by atoms with Gasteiger partial charge in [0.25, 0.3) is 0 Å². The summed E-state index contributed by atoms with van der Waals surface area (Å²) in [5.74, 6) is 1.22. The van der Waals surface area contributed by atoms with Crippen molar-refractivity contribution in [2.24, 2.45) is 0 Å². The molecule has 0 bridgehead atoms. The summed E-state index contributed by atoms with van der Waals surface area (Å²) >= 11 is 3.00. The van der Waals surface area contributed by atoms with Crippen LogP contribution in [0.3, 0.4) is 0 Å². The van der Waals surface area contributed by atoms with Crippen molar-refractivity contribution in [1.29, 1.82) is 0 Å². The summed E-state index contributed by atoms with van der Waals surface area (Å²) in [6, 6.07) is 15.0. The summed E-state index contributed by atoms with van der Waals surface area (Å²) in [4.78, 5) is 33.1. The smallest absolute Gasteiger partial charge is 0.211 e. The highest BCUT2D eigenvalue weighted by atomic mass is 32.2. The third-order valence-electron chi connectivity index (χ3n) is 5.98. The normalized spacial score (nSPS) is 13.0. The molecule has 1 aliphatic carbocycles. The Bertz CT molecular complexity index is 1430. The van der Waals surface area contributed by atoms with Crippen LogP contribution in [0.15, 0.2) is 58.5 Å². The van der Waals surface area contributed by atoms with Gasteiger partial charge in [0.1, 0.15) is 10.3 Å². The summed E-state index contributed by atoms with van der Waals surface area (Å²) in [7, 11) is 3.11. The van der Waals surface area contributed by atoms with Crippen molar-refractivity contribution >= 4 is 39.2 Å². The van der Waals surface area contributed by atoms with Gasteiger partial charge in [0, 0.05) is 21.7 Å². The number of thioether (sulfide) groups is 1. The number of aryl methyl sites for hydroxylation is 1. The zero-order valence-electron chi connectivity index (χ0n) is 19.0. The van der Waals surface area contributed by atoms with E-state index in [1.807, 2.05) is 34.9 Å². The summed E-state index contributed by atoms with van der Waals surface area (Å²) in [6.45, 7) is 0. The van der Waals surface area contributed by atoms with E-state index in [-0.39, 0.29) is 17.0 Å². The number of carbonyl (C=O) groups is 1. The maximum absolute atomic E-state index is 13.3. The molecule has 0 atom stereocenters. The van der Waals surface area contributed by atoms with Crippen LogP contribution in [-0.4, -0.2) is 35.3 Å². The number of imidazole rings is 1. The molecular weight excluding hydrogens is 468 g/mol. The zero-order valence-corrected chi connectivity index (χ0v) is 20.6. The van der Waals surface area contributed by atoms with Gasteiger partial charge in [-0.2, -0.15) is 0 Å². The lowest BCUT2D eigenvalue weighted by Crippen LogP contribution is -2.15. The number of hydrogen-bond acceptors (Lipinski definition) is 7. The highest BCUT2D eigenvalue weighted by molar-refractivity contribution is 7.99. The number of aromatic nitrogens is 2. The third-order valence-corrected chi connectivity index (χ3v) is 8.19. The first-order valence-corrected chi connectivity index (χ1v) is 12.9. The van der Waals surface area contributed by atoms with Gasteiger partial charge in [-0.15, -0.1) is 11.3 Å². The highest BCUT2D eigenvalue weighted by Crippen LogP contribution is 2.34. The minimum atomic E-state index is -0.0528. The van der Waals surface area contributed by atoms with E-state index in [9.17, 15) is 9.59 Å². The van der Waals surface area contributed by atoms with Crippen LogP contribution < -0.4 is 14.9 Å². The Morgan fingerprint density at radius 1 is 1.06 bits per heavy atom. The first-order valence-electron chi connectivity index (χ1n) is 11.1. The number of hydrogen-bond donors (Lipinski definition) is 0. The number of nitrogens with zero attached hydrogens (tertiary/aromatic N) is 2. The zero-order chi connectivity index (χ0) is 23.7. The Morgan fingerprint density at radius 3 is 2.59 bits per heavy atom. The van der Waals surface area contributed by atoms with E-state index in [0.717, 1.165) is 41.8 Å². The van der Waals surface area contributed by atoms with E-state index in [1.165, 1.54) is 16.6 Å². The van der Waals surface area contributed by atoms with Crippen LogP contribution in [0.2, 0.25) is 0 Å². The first kappa shape index (κ1) is 22.7. The van der Waals surface area contributed by atoms with Crippen LogP contribution in [0.1, 0.15) is 33.6 Å². The number of para-hydroxylation sites is 1. The number of benzene rings is 2. The fourth-order valence-electron chi connectivity index (χ4n) is 4.24. The number of rotatable bonds is 7. The number of ketones is 1. The topological polar surface area (TPSA) is 70.4 Å². The molecule has 5 rings (SSSR count). The molecule has 2 heterocycles. The van der Waals surface area contributed by atoms with Gasteiger partial charge in [-0.25, -0.2) is 4.98 Å². The molecule has 34 heavy (non-hydrogen) atoms. The first-order chi connectivity index (χ1) is 16.6. The Hall–Kier alpha value is -3.10. The largest absolute Gasteiger partial charge is 0.493 e. The van der Waals surface area contributed by atoms with Crippen molar-refractivity contribution in [3.05, 3.63) is 74.8 Å². The van der Waals surface area contributed by atoms with Crippen LogP contribution in [0.25, 0.3) is 16.0 Å². The van der Waals surface area contributed by atoms with Gasteiger partial charge in [0.15, 0.2) is 22.4 Å². The Balaban J connectivity index is 1.53. The second kappa shape index (κ2) is 9.64. The lowest BCUT2D eigenvalue weighted by Gasteiger charge is -2.14. The predicted molar refractivity (Wildman–Crippen MR) is 136 cm³/mol. The molecule has 0 aliphatic heterocycles. The van der Waals surface area contributed by atoms with E-state index in [0.29, 0.717) is 27.7 Å². The molecule has 1 aliphatic rings. The lowest BCUT2D eigenvalue weighted by atomic mass is 9.98. The van der Waals surface area contributed by atoms with Crippen molar-refractivity contribution < 1.29 is 14.3 Å². The predicted octanol–water partition coefficient (Wildman–Crippen LogP) is 5.32. The van der Waals surface area contributed by atoms with Crippen LogP contribution in [0.4, 0.5) is 0 Å². The monoisotopic (exact) mass is 492 g/mol. The number of methoxy groups -OCH3 is 2. The van der Waals surface area contributed by atoms with Gasteiger partial charge in [-0.1, -0.05) is 30.0 Å². The molecule has 0 fully saturated rings. The van der Waals surface area contributed by atoms with Crippen molar-refractivity contribution in [3.63, 3.8) is 0 Å². The average molecular weight is 493 g/mol. The van der Waals surface area contributed by atoms with Crippen LogP contribution >= 0.6 is 23.1 Å². The van der Waals surface area contributed by atoms with Crippen molar-refractivity contribution in [3.8, 4) is 17.2 Å². The Labute approximate surface area is 205 Å². The average Bonchev–Trinajstić information content (AvgIpc) is 3.26. The third kappa shape index (κ3) is 4.12. The van der Waals surface area contributed by atoms with Crippen LogP contribution in [0, 0.1) is 0 Å². The summed E-state index contributed by atoms with van der Waals surface area (Å²) in [5.41, 5.74) is 2.91. The molecule has 174 valence electrons. The quantitative estimate of drug-likeness (QED) is 0.257. The van der Waals surface area contributed by atoms with Gasteiger partial charge in [-0.05, 0) is 56.0 Å². The molecule has 2 aromatic carbocycles. The van der Waals surface area contributed by atoms with Gasteiger partial charge < -0.3 is 9.47 Å². The molecular formula is C26H24N2O4S2. The number of Topliss-reactive ketones (excluding diaryl/α,β-unsaturated/α-hetero) is 1. The summed E-state index contributed by atoms with van der Waals surface area (Å²) < 4.78 is 12.6. The second-order valence-corrected chi connectivity index (χ2v) is 10.1. The molecule has 8 heteroatoms. The molecule has 0 saturated carbocycles. The molecule has 0 unspecified atom stereocenters. The highest BCUT2D eigenvalue weighted by Gasteiger charge is 2.23. The SMILES string of the molecule is COc1ccc(C(=O)CSc2nc3c(=O)c4c(sc3n2-c2ccccc2)CCCC4)cc1OC. The Morgan fingerprint density at radius 2 is 1.82 bits per heavy atom. The second-order valence-electron chi connectivity index (χ2n) is 8.04. The molecule has 6 nitrogen and oxygen atoms in total. The van der Waals surface area contributed by atoms with E-state index < -0.39 is 0 Å². The summed E-state index contributed by atoms with van der Waals surface area (Å²) in [6.07, 6.45) is 3.90. The number of ether oxygens (including phenoxy) is 2. The van der Waals surface area contributed by atoms with E-state index >= 15 is 0 Å². The van der Waals surface area contributed by atoms with E-state index in [1.54, 1.807) is 43.8 Å². The molecule has 2 aromatic heterocycles. The molecule has 0 saturated heterocycles. The van der Waals surface area contributed by atoms with Crippen LogP contribution in [0.5, 0.6) is 11.5 Å². The molecule has 0 spiro atoms. The van der Waals surface area contributed by atoms with Crippen molar-refractivity contribution in [2.45, 2.75) is 30.8 Å². The number of fused-ring (bicyclic) bond motifs is 2. The molecule has 0 amide bonds. The molecule has 4 aromatic rings. The van der Waals surface area contributed by atoms with Gasteiger partial charge in [0.2, 0.25) is 5.43 Å². The van der Waals surface area contributed by atoms with Crippen molar-refractivity contribution in [1.82, 2.24) is 9.55 Å². The standard InChI is InChI=1S/C26H24N2O4S2/c1-31-20-13-12-16(14-21(20)32-2)19(29)15-33-26-27-23-24(30)18-10-6-7-11-22(18)34-25(23)28(26)17-8-4-3-5-9-17/h3-5,8-9,12-14H,6-7,10-11,15H2,1-2H3. The van der Waals surface area contributed by atoms with Gasteiger partial charge in [0.05, 0.1) is 20.0 Å². The minimum absolute atomic E-state index is 0.0335. The van der Waals surface area contributed by atoms with Crippen LogP contribution in [-0.2, 0) is 12.8 Å². The van der Waals surface area contributed by atoms with E-state index in [4.69, 9.17) is 14.5 Å². The van der Waals surface area contributed by atoms with E-state index in [2.05, 4.69) is 0 Å². The van der Waals surface area contributed by atoms with Crippen molar-refractivity contribution in [2.75, 3.05) is 20.0 Å².